The Labute approximate surface area is 107 Å². The summed E-state index contributed by atoms with van der Waals surface area (Å²) in [6, 6.07) is 4.91. The molecule has 0 aliphatic heterocycles. The molecule has 0 saturated heterocycles. The number of ether oxygens (including phenoxy) is 1. The molecule has 0 aliphatic carbocycles. The van der Waals surface area contributed by atoms with E-state index in [1.54, 1.807) is 18.2 Å². The van der Waals surface area contributed by atoms with Crippen LogP contribution in [0.5, 0.6) is 5.75 Å². The fraction of sp³-hybridized carbons (Fsp3) is 0.462. The smallest absolute Gasteiger partial charge is 0.251 e. The molecule has 0 spiro atoms. The molecule has 18 heavy (non-hydrogen) atoms. The SMILES string of the molecule is COc1cc(C(=O)NCC(C)CCO)ccc1N. The first-order chi connectivity index (χ1) is 8.58. The van der Waals surface area contributed by atoms with E-state index in [1.165, 1.54) is 7.11 Å². The van der Waals surface area contributed by atoms with E-state index in [0.29, 0.717) is 30.0 Å². The fourth-order valence-electron chi connectivity index (χ4n) is 1.54. The number of aliphatic hydroxyl groups is 1. The average molecular weight is 252 g/mol. The van der Waals surface area contributed by atoms with Gasteiger partial charge in [0.1, 0.15) is 5.75 Å². The molecule has 5 heteroatoms. The molecular weight excluding hydrogens is 232 g/mol. The Bertz CT molecular complexity index is 407. The highest BCUT2D eigenvalue weighted by molar-refractivity contribution is 5.95. The molecule has 1 rings (SSSR count). The molecule has 0 fully saturated rings. The maximum atomic E-state index is 11.9. The maximum Gasteiger partial charge on any atom is 0.251 e. The number of rotatable bonds is 6. The van der Waals surface area contributed by atoms with Crippen LogP contribution in [0.1, 0.15) is 23.7 Å². The molecule has 0 aromatic heterocycles. The maximum absolute atomic E-state index is 11.9. The Balaban J connectivity index is 2.61. The van der Waals surface area contributed by atoms with E-state index in [9.17, 15) is 4.79 Å². The number of nitrogen functional groups attached to an aromatic ring is 1. The predicted molar refractivity (Wildman–Crippen MR) is 70.6 cm³/mol. The van der Waals surface area contributed by atoms with Crippen molar-refractivity contribution in [1.29, 1.82) is 0 Å². The highest BCUT2D eigenvalue weighted by Gasteiger charge is 2.10. The number of hydrogen-bond donors (Lipinski definition) is 3. The van der Waals surface area contributed by atoms with Gasteiger partial charge in [-0.15, -0.1) is 0 Å². The van der Waals surface area contributed by atoms with Gasteiger partial charge in [0.05, 0.1) is 12.8 Å². The van der Waals surface area contributed by atoms with E-state index in [1.807, 2.05) is 6.92 Å². The highest BCUT2D eigenvalue weighted by atomic mass is 16.5. The van der Waals surface area contributed by atoms with Crippen LogP contribution >= 0.6 is 0 Å². The molecule has 1 aromatic carbocycles. The van der Waals surface area contributed by atoms with Crippen LogP contribution in [0.4, 0.5) is 5.69 Å². The molecule has 5 nitrogen and oxygen atoms in total. The molecule has 1 aromatic rings. The molecule has 1 atom stereocenters. The quantitative estimate of drug-likeness (QED) is 0.660. The normalized spacial score (nSPS) is 11.9. The second kappa shape index (κ2) is 6.86. The summed E-state index contributed by atoms with van der Waals surface area (Å²) in [6.07, 6.45) is 0.672. The number of methoxy groups -OCH3 is 1. The van der Waals surface area contributed by atoms with E-state index >= 15 is 0 Å². The molecule has 0 aliphatic rings. The summed E-state index contributed by atoms with van der Waals surface area (Å²) in [6.45, 7) is 2.64. The average Bonchev–Trinajstić information content (AvgIpc) is 2.37. The number of amides is 1. The molecule has 0 radical (unpaired) electrons. The minimum absolute atomic E-state index is 0.132. The van der Waals surface area contributed by atoms with Gasteiger partial charge in [-0.1, -0.05) is 6.92 Å². The van der Waals surface area contributed by atoms with Crippen LogP contribution in [0.15, 0.2) is 18.2 Å². The summed E-state index contributed by atoms with van der Waals surface area (Å²) in [5, 5.41) is 11.6. The van der Waals surface area contributed by atoms with E-state index < -0.39 is 0 Å². The van der Waals surface area contributed by atoms with Crippen molar-refractivity contribution in [2.75, 3.05) is 26.0 Å². The standard InChI is InChI=1S/C13H20N2O3/c1-9(5-6-16)8-15-13(17)10-3-4-11(14)12(7-10)18-2/h3-4,7,9,16H,5-6,8,14H2,1-2H3,(H,15,17). The molecule has 0 saturated carbocycles. The van der Waals surface area contributed by atoms with E-state index in [2.05, 4.69) is 5.32 Å². The molecule has 4 N–H and O–H groups in total. The van der Waals surface area contributed by atoms with Crippen molar-refractivity contribution in [3.05, 3.63) is 23.8 Å². The first-order valence-electron chi connectivity index (χ1n) is 5.91. The van der Waals surface area contributed by atoms with Crippen molar-refractivity contribution < 1.29 is 14.6 Å². The van der Waals surface area contributed by atoms with E-state index in [4.69, 9.17) is 15.6 Å². The molecule has 100 valence electrons. The topological polar surface area (TPSA) is 84.6 Å². The number of anilines is 1. The lowest BCUT2D eigenvalue weighted by Crippen LogP contribution is -2.28. The van der Waals surface area contributed by atoms with Crippen molar-refractivity contribution in [2.24, 2.45) is 5.92 Å². The van der Waals surface area contributed by atoms with Crippen molar-refractivity contribution in [3.8, 4) is 5.75 Å². The molecule has 1 unspecified atom stereocenters. The second-order valence-corrected chi connectivity index (χ2v) is 4.28. The van der Waals surface area contributed by atoms with Gasteiger partial charge in [-0.05, 0) is 30.5 Å². The molecule has 0 bridgehead atoms. The van der Waals surface area contributed by atoms with Gasteiger partial charge in [0.25, 0.3) is 5.91 Å². The largest absolute Gasteiger partial charge is 0.495 e. The Morgan fingerprint density at radius 2 is 2.28 bits per heavy atom. The van der Waals surface area contributed by atoms with Crippen molar-refractivity contribution in [1.82, 2.24) is 5.32 Å². The Kier molecular flexibility index (Phi) is 5.45. The fourth-order valence-corrected chi connectivity index (χ4v) is 1.54. The summed E-state index contributed by atoms with van der Waals surface area (Å²) in [5.41, 5.74) is 6.69. The van der Waals surface area contributed by atoms with Crippen LogP contribution in [0.2, 0.25) is 0 Å². The van der Waals surface area contributed by atoms with Gasteiger partial charge in [-0.25, -0.2) is 0 Å². The van der Waals surface area contributed by atoms with Gasteiger partial charge in [0, 0.05) is 18.7 Å². The van der Waals surface area contributed by atoms with Crippen LogP contribution in [-0.4, -0.2) is 31.3 Å². The number of nitrogens with one attached hydrogen (secondary N) is 1. The number of benzene rings is 1. The third-order valence-electron chi connectivity index (χ3n) is 2.73. The number of hydrogen-bond acceptors (Lipinski definition) is 4. The van der Waals surface area contributed by atoms with Gasteiger partial charge in [-0.3, -0.25) is 4.79 Å². The zero-order valence-corrected chi connectivity index (χ0v) is 10.8. The van der Waals surface area contributed by atoms with Gasteiger partial charge >= 0.3 is 0 Å². The highest BCUT2D eigenvalue weighted by Crippen LogP contribution is 2.21. The zero-order valence-electron chi connectivity index (χ0n) is 10.8. The van der Waals surface area contributed by atoms with Crippen molar-refractivity contribution in [2.45, 2.75) is 13.3 Å². The van der Waals surface area contributed by atoms with Crippen molar-refractivity contribution in [3.63, 3.8) is 0 Å². The number of nitrogens with two attached hydrogens (primary N) is 1. The summed E-state index contributed by atoms with van der Waals surface area (Å²) in [4.78, 5) is 11.9. The summed E-state index contributed by atoms with van der Waals surface area (Å²) in [5.74, 6) is 0.568. The van der Waals surface area contributed by atoms with Crippen LogP contribution in [0.25, 0.3) is 0 Å². The van der Waals surface area contributed by atoms with Gasteiger partial charge in [0.15, 0.2) is 0 Å². The Hall–Kier alpha value is -1.75. The summed E-state index contributed by atoms with van der Waals surface area (Å²) < 4.78 is 5.06. The van der Waals surface area contributed by atoms with Crippen LogP contribution in [0.3, 0.4) is 0 Å². The Morgan fingerprint density at radius 1 is 1.56 bits per heavy atom. The lowest BCUT2D eigenvalue weighted by Gasteiger charge is -2.12. The first kappa shape index (κ1) is 14.3. The third-order valence-corrected chi connectivity index (χ3v) is 2.73. The third kappa shape index (κ3) is 3.92. The summed E-state index contributed by atoms with van der Waals surface area (Å²) >= 11 is 0. The number of aliphatic hydroxyl groups excluding tert-OH is 1. The second-order valence-electron chi connectivity index (χ2n) is 4.28. The number of carbonyl (C=O) groups excluding carboxylic acids is 1. The van der Waals surface area contributed by atoms with Crippen LogP contribution in [-0.2, 0) is 0 Å². The van der Waals surface area contributed by atoms with Crippen LogP contribution in [0, 0.1) is 5.92 Å². The first-order valence-corrected chi connectivity index (χ1v) is 5.91. The van der Waals surface area contributed by atoms with Crippen molar-refractivity contribution >= 4 is 11.6 Å². The monoisotopic (exact) mass is 252 g/mol. The molecule has 1 amide bonds. The summed E-state index contributed by atoms with van der Waals surface area (Å²) in [7, 11) is 1.51. The lowest BCUT2D eigenvalue weighted by atomic mass is 10.1. The van der Waals surface area contributed by atoms with E-state index in [-0.39, 0.29) is 18.4 Å². The lowest BCUT2D eigenvalue weighted by molar-refractivity contribution is 0.0945. The van der Waals surface area contributed by atoms with Crippen LogP contribution < -0.4 is 15.8 Å². The molecule has 0 heterocycles. The molecular formula is C13H20N2O3. The minimum Gasteiger partial charge on any atom is -0.495 e. The predicted octanol–water partition coefficient (Wildman–Crippen LogP) is 1.03. The minimum atomic E-state index is -0.168. The van der Waals surface area contributed by atoms with E-state index in [0.717, 1.165) is 0 Å². The Morgan fingerprint density at radius 3 is 2.89 bits per heavy atom. The number of carbonyl (C=O) groups is 1. The zero-order chi connectivity index (χ0) is 13.5. The van der Waals surface area contributed by atoms with Gasteiger partial charge < -0.3 is 20.9 Å². The van der Waals surface area contributed by atoms with Gasteiger partial charge in [0.2, 0.25) is 0 Å². The van der Waals surface area contributed by atoms with Gasteiger partial charge in [-0.2, -0.15) is 0 Å².